The highest BCUT2D eigenvalue weighted by Gasteiger charge is 2.47. The minimum Gasteiger partial charge on any atom is -0.326 e. The molecule has 0 aromatic heterocycles. The summed E-state index contributed by atoms with van der Waals surface area (Å²) in [5.74, 6) is -0.489. The molecule has 1 aliphatic rings. The van der Waals surface area contributed by atoms with Gasteiger partial charge >= 0.3 is 6.03 Å². The SMILES string of the molecule is CCCC1NC(=O)N(C(Cl)(Cl)Cl)C1=O. The quantitative estimate of drug-likeness (QED) is 0.469. The van der Waals surface area contributed by atoms with E-state index in [1.54, 1.807) is 0 Å². The third-order valence-corrected chi connectivity index (χ3v) is 2.36. The number of carbonyl (C=O) groups is 2. The second-order valence-corrected chi connectivity index (χ2v) is 5.15. The molecule has 7 heteroatoms. The molecule has 1 atom stereocenters. The predicted molar refractivity (Wildman–Crippen MR) is 54.4 cm³/mol. The Balaban J connectivity index is 2.81. The lowest BCUT2D eigenvalue weighted by atomic mass is 10.2. The summed E-state index contributed by atoms with van der Waals surface area (Å²) in [4.78, 5) is 23.4. The molecular formula is C7H9Cl3N2O2. The summed E-state index contributed by atoms with van der Waals surface area (Å²) in [6.07, 6.45) is 1.31. The Bertz CT molecular complexity index is 264. The van der Waals surface area contributed by atoms with E-state index < -0.39 is 21.9 Å². The van der Waals surface area contributed by atoms with E-state index in [-0.39, 0.29) is 0 Å². The lowest BCUT2D eigenvalue weighted by molar-refractivity contribution is -0.127. The Morgan fingerprint density at radius 3 is 2.36 bits per heavy atom. The van der Waals surface area contributed by atoms with Gasteiger partial charge in [-0.05, 0) is 6.42 Å². The molecule has 0 aromatic rings. The maximum absolute atomic E-state index is 11.5. The molecule has 1 N–H and O–H groups in total. The number of nitrogens with one attached hydrogen (secondary N) is 1. The topological polar surface area (TPSA) is 49.4 Å². The molecule has 0 bridgehead atoms. The fourth-order valence-electron chi connectivity index (χ4n) is 1.26. The molecule has 0 saturated carbocycles. The zero-order valence-electron chi connectivity index (χ0n) is 7.39. The van der Waals surface area contributed by atoms with Gasteiger partial charge in [-0.15, -0.1) is 0 Å². The molecule has 0 spiro atoms. The van der Waals surface area contributed by atoms with Crippen LogP contribution in [0.3, 0.4) is 0 Å². The predicted octanol–water partition coefficient (Wildman–Crippen LogP) is 2.03. The van der Waals surface area contributed by atoms with Crippen molar-refractivity contribution < 1.29 is 9.59 Å². The number of halogens is 3. The first-order valence-corrected chi connectivity index (χ1v) is 5.22. The van der Waals surface area contributed by atoms with Gasteiger partial charge in [0, 0.05) is 0 Å². The Hall–Kier alpha value is -0.190. The number of hydrogen-bond acceptors (Lipinski definition) is 2. The number of amides is 3. The molecule has 0 aromatic carbocycles. The molecule has 1 fully saturated rings. The highest BCUT2D eigenvalue weighted by molar-refractivity contribution is 6.68. The van der Waals surface area contributed by atoms with Crippen LogP contribution in [-0.4, -0.2) is 26.8 Å². The molecular weight excluding hydrogens is 250 g/mol. The molecule has 1 unspecified atom stereocenters. The summed E-state index contributed by atoms with van der Waals surface area (Å²) in [5.41, 5.74) is 0. The average Bonchev–Trinajstić information content (AvgIpc) is 2.26. The van der Waals surface area contributed by atoms with Crippen molar-refractivity contribution in [2.75, 3.05) is 0 Å². The molecule has 80 valence electrons. The monoisotopic (exact) mass is 258 g/mol. The lowest BCUT2D eigenvalue weighted by Gasteiger charge is -2.20. The Morgan fingerprint density at radius 1 is 1.43 bits per heavy atom. The molecule has 4 nitrogen and oxygen atoms in total. The summed E-state index contributed by atoms with van der Waals surface area (Å²) < 4.78 is -2.01. The van der Waals surface area contributed by atoms with Gasteiger partial charge in [0.15, 0.2) is 0 Å². The van der Waals surface area contributed by atoms with Gasteiger partial charge in [0.05, 0.1) is 0 Å². The van der Waals surface area contributed by atoms with Gasteiger partial charge in [0.2, 0.25) is 0 Å². The van der Waals surface area contributed by atoms with Crippen LogP contribution in [0.15, 0.2) is 0 Å². The number of alkyl halides is 3. The van der Waals surface area contributed by atoms with E-state index in [2.05, 4.69) is 5.32 Å². The van der Waals surface area contributed by atoms with Crippen molar-refractivity contribution in [3.63, 3.8) is 0 Å². The van der Waals surface area contributed by atoms with E-state index in [9.17, 15) is 9.59 Å². The van der Waals surface area contributed by atoms with Crippen LogP contribution < -0.4 is 5.32 Å². The van der Waals surface area contributed by atoms with Gasteiger partial charge in [0.1, 0.15) is 6.04 Å². The first-order valence-electron chi connectivity index (χ1n) is 4.09. The Labute approximate surface area is 96.5 Å². The highest BCUT2D eigenvalue weighted by Crippen LogP contribution is 2.33. The first-order chi connectivity index (χ1) is 6.38. The van der Waals surface area contributed by atoms with Crippen molar-refractivity contribution in [2.45, 2.75) is 29.7 Å². The van der Waals surface area contributed by atoms with E-state index in [0.29, 0.717) is 11.3 Å². The molecule has 0 aliphatic carbocycles. The third kappa shape index (κ3) is 2.24. The van der Waals surface area contributed by atoms with Crippen molar-refractivity contribution in [1.82, 2.24) is 10.2 Å². The number of carbonyl (C=O) groups excluding carboxylic acids is 2. The lowest BCUT2D eigenvalue weighted by Crippen LogP contribution is -2.41. The number of imide groups is 1. The van der Waals surface area contributed by atoms with Crippen LogP contribution >= 0.6 is 34.8 Å². The fraction of sp³-hybridized carbons (Fsp3) is 0.714. The van der Waals surface area contributed by atoms with Gasteiger partial charge in [-0.3, -0.25) is 4.79 Å². The minimum atomic E-state index is -2.01. The second-order valence-electron chi connectivity index (χ2n) is 2.93. The van der Waals surface area contributed by atoms with E-state index in [4.69, 9.17) is 34.8 Å². The Morgan fingerprint density at radius 2 is 2.00 bits per heavy atom. The fourth-order valence-corrected chi connectivity index (χ4v) is 1.74. The van der Waals surface area contributed by atoms with Crippen LogP contribution in [0.4, 0.5) is 4.79 Å². The van der Waals surface area contributed by atoms with Gasteiger partial charge in [-0.1, -0.05) is 48.1 Å². The zero-order chi connectivity index (χ0) is 10.9. The Kier molecular flexibility index (Phi) is 3.50. The normalized spacial score (nSPS) is 22.9. The summed E-state index contributed by atoms with van der Waals surface area (Å²) in [6.45, 7) is 1.90. The number of rotatable bonds is 2. The first kappa shape index (κ1) is 11.9. The molecule has 1 saturated heterocycles. The largest absolute Gasteiger partial charge is 0.328 e. The average molecular weight is 260 g/mol. The summed E-state index contributed by atoms with van der Waals surface area (Å²) >= 11 is 16.4. The van der Waals surface area contributed by atoms with Gasteiger partial charge in [-0.2, -0.15) is 0 Å². The molecule has 3 amide bonds. The van der Waals surface area contributed by atoms with Gasteiger partial charge in [0.25, 0.3) is 9.82 Å². The summed E-state index contributed by atoms with van der Waals surface area (Å²) in [6, 6.07) is -1.23. The maximum Gasteiger partial charge on any atom is 0.328 e. The van der Waals surface area contributed by atoms with Crippen molar-refractivity contribution in [3.8, 4) is 0 Å². The smallest absolute Gasteiger partial charge is 0.326 e. The van der Waals surface area contributed by atoms with Crippen molar-refractivity contribution in [1.29, 1.82) is 0 Å². The van der Waals surface area contributed by atoms with Crippen LogP contribution in [0, 0.1) is 0 Å². The van der Waals surface area contributed by atoms with Crippen LogP contribution in [0.1, 0.15) is 19.8 Å². The maximum atomic E-state index is 11.5. The van der Waals surface area contributed by atoms with E-state index in [0.717, 1.165) is 6.42 Å². The third-order valence-electron chi connectivity index (χ3n) is 1.85. The minimum absolute atomic E-state index is 0.489. The standard InChI is InChI=1S/C7H9Cl3N2O2/c1-2-3-4-5(13)12(6(14)11-4)7(8,9)10/h4H,2-3H2,1H3,(H,11,14). The van der Waals surface area contributed by atoms with Crippen LogP contribution in [0.5, 0.6) is 0 Å². The van der Waals surface area contributed by atoms with Crippen molar-refractivity contribution in [3.05, 3.63) is 0 Å². The van der Waals surface area contributed by atoms with E-state index in [1.807, 2.05) is 6.92 Å². The highest BCUT2D eigenvalue weighted by atomic mass is 35.6. The van der Waals surface area contributed by atoms with Gasteiger partial charge in [-0.25, -0.2) is 9.69 Å². The van der Waals surface area contributed by atoms with Crippen molar-refractivity contribution in [2.24, 2.45) is 0 Å². The van der Waals surface area contributed by atoms with E-state index in [1.165, 1.54) is 0 Å². The molecule has 1 aliphatic heterocycles. The van der Waals surface area contributed by atoms with E-state index >= 15 is 0 Å². The van der Waals surface area contributed by atoms with Crippen LogP contribution in [0.25, 0.3) is 0 Å². The molecule has 1 rings (SSSR count). The number of urea groups is 1. The van der Waals surface area contributed by atoms with Gasteiger partial charge < -0.3 is 5.32 Å². The molecule has 14 heavy (non-hydrogen) atoms. The van der Waals surface area contributed by atoms with Crippen LogP contribution in [0.2, 0.25) is 0 Å². The molecule has 0 radical (unpaired) electrons. The number of hydrogen-bond donors (Lipinski definition) is 1. The van der Waals surface area contributed by atoms with Crippen LogP contribution in [-0.2, 0) is 4.79 Å². The number of nitrogens with zero attached hydrogens (tertiary/aromatic N) is 1. The summed E-state index contributed by atoms with van der Waals surface area (Å²) in [5, 5.41) is 2.45. The van der Waals surface area contributed by atoms with Crippen molar-refractivity contribution >= 4 is 46.7 Å². The second kappa shape index (κ2) is 4.13. The molecule has 1 heterocycles. The summed E-state index contributed by atoms with van der Waals surface area (Å²) in [7, 11) is 0. The zero-order valence-corrected chi connectivity index (χ0v) is 9.66.